The molecule has 0 aromatic heterocycles. The third-order valence-corrected chi connectivity index (χ3v) is 6.33. The number of nitro benzene ring substituents is 1. The lowest BCUT2D eigenvalue weighted by Gasteiger charge is -2.36. The number of ether oxygens (including phenoxy) is 1. The van der Waals surface area contributed by atoms with E-state index < -0.39 is 23.4 Å². The summed E-state index contributed by atoms with van der Waals surface area (Å²) in [5, 5.41) is 10.8. The van der Waals surface area contributed by atoms with E-state index in [1.54, 1.807) is 17.0 Å². The molecule has 11 heteroatoms. The quantitative estimate of drug-likeness (QED) is 0.237. The number of hydrogen-bond donors (Lipinski definition) is 0. The number of nitro groups is 1. The van der Waals surface area contributed by atoms with Crippen molar-refractivity contribution >= 4 is 35.1 Å². The molecule has 2 aliphatic heterocycles. The molecular formula is C25H26N4O7. The molecule has 0 unspecified atom stereocenters. The third kappa shape index (κ3) is 5.04. The lowest BCUT2D eigenvalue weighted by Crippen LogP contribution is -2.49. The Balaban J connectivity index is 1.29. The number of unbranched alkanes of at least 4 members (excludes halogenated alkanes) is 1. The molecule has 2 aromatic rings. The predicted octanol–water partition coefficient (Wildman–Crippen LogP) is 2.50. The summed E-state index contributed by atoms with van der Waals surface area (Å²) in [4.78, 5) is 65.3. The van der Waals surface area contributed by atoms with E-state index in [2.05, 4.69) is 0 Å². The monoisotopic (exact) mass is 494 g/mol. The second kappa shape index (κ2) is 10.5. The van der Waals surface area contributed by atoms with Crippen LogP contribution in [0.25, 0.3) is 0 Å². The summed E-state index contributed by atoms with van der Waals surface area (Å²) in [6.07, 6.45) is 1.54. The Bertz CT molecular complexity index is 1200. The van der Waals surface area contributed by atoms with Gasteiger partial charge in [0.05, 0.1) is 21.6 Å². The Morgan fingerprint density at radius 3 is 2.28 bits per heavy atom. The first-order valence-electron chi connectivity index (χ1n) is 11.7. The highest BCUT2D eigenvalue weighted by Crippen LogP contribution is 2.25. The van der Waals surface area contributed by atoms with E-state index in [4.69, 9.17) is 4.74 Å². The van der Waals surface area contributed by atoms with Crippen molar-refractivity contribution in [3.63, 3.8) is 0 Å². The van der Waals surface area contributed by atoms with Gasteiger partial charge in [0.2, 0.25) is 0 Å². The minimum Gasteiger partial charge on any atom is -0.452 e. The van der Waals surface area contributed by atoms with Crippen LogP contribution in [-0.4, -0.2) is 77.7 Å². The first kappa shape index (κ1) is 24.8. The highest BCUT2D eigenvalue weighted by molar-refractivity contribution is 6.22. The number of benzene rings is 2. The van der Waals surface area contributed by atoms with Gasteiger partial charge in [0, 0.05) is 50.5 Å². The summed E-state index contributed by atoms with van der Waals surface area (Å²) < 4.78 is 5.19. The number of imide groups is 1. The predicted molar refractivity (Wildman–Crippen MR) is 129 cm³/mol. The molecule has 1 fully saturated rings. The van der Waals surface area contributed by atoms with Crippen molar-refractivity contribution in [3.8, 4) is 0 Å². The van der Waals surface area contributed by atoms with Gasteiger partial charge in [0.25, 0.3) is 23.4 Å². The lowest BCUT2D eigenvalue weighted by atomic mass is 10.1. The zero-order chi connectivity index (χ0) is 25.8. The van der Waals surface area contributed by atoms with Gasteiger partial charge in [0.15, 0.2) is 6.61 Å². The number of piperazine rings is 1. The minimum absolute atomic E-state index is 0.0162. The SMILES string of the molecule is CCCCN1C(=O)c2ccc(C(=O)OCC(=O)N3CCN(c4ccc([N+](=O)[O-])cc4)CC3)cc2C1=O. The molecule has 4 rings (SSSR count). The van der Waals surface area contributed by atoms with Gasteiger partial charge in [-0.05, 0) is 36.8 Å². The number of carbonyl (C=O) groups excluding carboxylic acids is 4. The molecule has 11 nitrogen and oxygen atoms in total. The van der Waals surface area contributed by atoms with Crippen molar-refractivity contribution in [2.45, 2.75) is 19.8 Å². The Morgan fingerprint density at radius 1 is 0.972 bits per heavy atom. The molecule has 2 aliphatic rings. The normalized spacial score (nSPS) is 15.2. The van der Waals surface area contributed by atoms with E-state index in [0.717, 1.165) is 12.1 Å². The number of hydrogen-bond acceptors (Lipinski definition) is 8. The van der Waals surface area contributed by atoms with Crippen LogP contribution in [0.4, 0.5) is 11.4 Å². The largest absolute Gasteiger partial charge is 0.452 e. The van der Waals surface area contributed by atoms with Crippen LogP contribution in [0, 0.1) is 10.1 Å². The fraction of sp³-hybridized carbons (Fsp3) is 0.360. The number of carbonyl (C=O) groups is 4. The molecule has 0 spiro atoms. The molecule has 3 amide bonds. The topological polar surface area (TPSA) is 130 Å². The summed E-state index contributed by atoms with van der Waals surface area (Å²) in [7, 11) is 0. The zero-order valence-corrected chi connectivity index (χ0v) is 19.8. The third-order valence-electron chi connectivity index (χ3n) is 6.33. The number of nitrogens with zero attached hydrogens (tertiary/aromatic N) is 4. The Morgan fingerprint density at radius 2 is 1.64 bits per heavy atom. The van der Waals surface area contributed by atoms with E-state index >= 15 is 0 Å². The van der Waals surface area contributed by atoms with Crippen LogP contribution in [0.3, 0.4) is 0 Å². The second-order valence-corrected chi connectivity index (χ2v) is 8.59. The van der Waals surface area contributed by atoms with Crippen molar-refractivity contribution in [2.24, 2.45) is 0 Å². The number of amides is 3. The molecule has 0 saturated carbocycles. The van der Waals surface area contributed by atoms with Crippen LogP contribution in [0.5, 0.6) is 0 Å². The highest BCUT2D eigenvalue weighted by Gasteiger charge is 2.35. The Kier molecular flexibility index (Phi) is 7.28. The number of esters is 1. The standard InChI is InChI=1S/C25H26N4O7/c1-2-3-10-28-23(31)20-9-4-17(15-21(20)24(28)32)25(33)36-16-22(30)27-13-11-26(12-14-27)18-5-7-19(8-6-18)29(34)35/h4-9,15H,2-3,10-14,16H2,1H3. The van der Waals surface area contributed by atoms with Crippen LogP contribution in [0.1, 0.15) is 50.8 Å². The van der Waals surface area contributed by atoms with Crippen molar-refractivity contribution < 1.29 is 28.8 Å². The molecule has 2 aromatic carbocycles. The maximum absolute atomic E-state index is 12.6. The molecule has 0 aliphatic carbocycles. The van der Waals surface area contributed by atoms with Crippen LogP contribution in [-0.2, 0) is 9.53 Å². The molecule has 2 heterocycles. The molecule has 0 bridgehead atoms. The summed E-state index contributed by atoms with van der Waals surface area (Å²) >= 11 is 0. The maximum atomic E-state index is 12.6. The summed E-state index contributed by atoms with van der Waals surface area (Å²) in [5.41, 5.74) is 1.37. The van der Waals surface area contributed by atoms with Crippen molar-refractivity contribution in [2.75, 3.05) is 44.2 Å². The lowest BCUT2D eigenvalue weighted by molar-refractivity contribution is -0.384. The van der Waals surface area contributed by atoms with Gasteiger partial charge in [-0.3, -0.25) is 29.4 Å². The van der Waals surface area contributed by atoms with Crippen molar-refractivity contribution in [1.82, 2.24) is 9.80 Å². The summed E-state index contributed by atoms with van der Waals surface area (Å²) in [6.45, 7) is 3.75. The van der Waals surface area contributed by atoms with E-state index in [0.29, 0.717) is 39.1 Å². The molecule has 36 heavy (non-hydrogen) atoms. The first-order chi connectivity index (χ1) is 17.3. The van der Waals surface area contributed by atoms with Gasteiger partial charge >= 0.3 is 5.97 Å². The maximum Gasteiger partial charge on any atom is 0.338 e. The highest BCUT2D eigenvalue weighted by atomic mass is 16.6. The summed E-state index contributed by atoms with van der Waals surface area (Å²) in [5.74, 6) is -1.89. The fourth-order valence-electron chi connectivity index (χ4n) is 4.24. The van der Waals surface area contributed by atoms with Gasteiger partial charge in [-0.25, -0.2) is 4.79 Å². The van der Waals surface area contributed by atoms with Gasteiger partial charge in [0.1, 0.15) is 0 Å². The van der Waals surface area contributed by atoms with Gasteiger partial charge in [-0.15, -0.1) is 0 Å². The van der Waals surface area contributed by atoms with E-state index in [-0.39, 0.29) is 34.2 Å². The number of non-ortho nitro benzene ring substituents is 1. The second-order valence-electron chi connectivity index (χ2n) is 8.59. The smallest absolute Gasteiger partial charge is 0.338 e. The number of fused-ring (bicyclic) bond motifs is 1. The average molecular weight is 495 g/mol. The van der Waals surface area contributed by atoms with Crippen LogP contribution in [0.2, 0.25) is 0 Å². The molecule has 188 valence electrons. The minimum atomic E-state index is -0.747. The van der Waals surface area contributed by atoms with Crippen LogP contribution >= 0.6 is 0 Å². The molecule has 0 N–H and O–H groups in total. The Labute approximate surface area is 207 Å². The average Bonchev–Trinajstić information content (AvgIpc) is 3.14. The van der Waals surface area contributed by atoms with E-state index in [1.165, 1.54) is 35.2 Å². The van der Waals surface area contributed by atoms with Crippen molar-refractivity contribution in [3.05, 3.63) is 69.3 Å². The number of anilines is 1. The first-order valence-corrected chi connectivity index (χ1v) is 11.7. The zero-order valence-electron chi connectivity index (χ0n) is 19.8. The fourth-order valence-corrected chi connectivity index (χ4v) is 4.24. The molecule has 0 atom stereocenters. The van der Waals surface area contributed by atoms with Gasteiger partial charge < -0.3 is 14.5 Å². The summed E-state index contributed by atoms with van der Waals surface area (Å²) in [6, 6.07) is 10.4. The molecular weight excluding hydrogens is 468 g/mol. The van der Waals surface area contributed by atoms with E-state index in [9.17, 15) is 29.3 Å². The van der Waals surface area contributed by atoms with Crippen molar-refractivity contribution in [1.29, 1.82) is 0 Å². The molecule has 1 saturated heterocycles. The van der Waals surface area contributed by atoms with Crippen LogP contribution in [0.15, 0.2) is 42.5 Å². The van der Waals surface area contributed by atoms with Crippen LogP contribution < -0.4 is 4.90 Å². The van der Waals surface area contributed by atoms with E-state index in [1.807, 2.05) is 11.8 Å². The Hall–Kier alpha value is -4.28. The van der Waals surface area contributed by atoms with Gasteiger partial charge in [-0.2, -0.15) is 0 Å². The number of rotatable bonds is 8. The van der Waals surface area contributed by atoms with Gasteiger partial charge in [-0.1, -0.05) is 13.3 Å². The molecule has 0 radical (unpaired) electrons.